The number of thioether (sulfide) groups is 2. The SMILES string of the molecule is CCSCCCNC1CCCC(SC)C1. The Labute approximate surface area is 104 Å². The molecular weight excluding hydrogens is 222 g/mol. The van der Waals surface area contributed by atoms with Crippen molar-refractivity contribution in [3.8, 4) is 0 Å². The predicted molar refractivity (Wildman–Crippen MR) is 75.2 cm³/mol. The van der Waals surface area contributed by atoms with E-state index >= 15 is 0 Å². The van der Waals surface area contributed by atoms with E-state index in [1.54, 1.807) is 0 Å². The molecule has 1 nitrogen and oxygen atoms in total. The van der Waals surface area contributed by atoms with Crippen LogP contribution >= 0.6 is 23.5 Å². The predicted octanol–water partition coefficient (Wildman–Crippen LogP) is 3.39. The van der Waals surface area contributed by atoms with Crippen LogP contribution in [0.5, 0.6) is 0 Å². The van der Waals surface area contributed by atoms with Gasteiger partial charge in [-0.1, -0.05) is 13.3 Å². The third-order valence-corrected chi connectivity index (χ3v) is 5.14. The third-order valence-electron chi connectivity index (χ3n) is 3.06. The van der Waals surface area contributed by atoms with Crippen LogP contribution in [0, 0.1) is 0 Å². The van der Waals surface area contributed by atoms with Crippen molar-refractivity contribution in [1.82, 2.24) is 5.32 Å². The molecule has 15 heavy (non-hydrogen) atoms. The second-order valence-electron chi connectivity index (χ2n) is 4.23. The van der Waals surface area contributed by atoms with Crippen molar-refractivity contribution in [1.29, 1.82) is 0 Å². The molecule has 0 bridgehead atoms. The molecule has 2 atom stereocenters. The maximum atomic E-state index is 3.72. The second-order valence-corrected chi connectivity index (χ2v) is 6.76. The Morgan fingerprint density at radius 1 is 1.33 bits per heavy atom. The van der Waals surface area contributed by atoms with Gasteiger partial charge in [-0.15, -0.1) is 0 Å². The summed E-state index contributed by atoms with van der Waals surface area (Å²) in [7, 11) is 0. The summed E-state index contributed by atoms with van der Waals surface area (Å²) in [6.45, 7) is 3.46. The van der Waals surface area contributed by atoms with Gasteiger partial charge in [-0.2, -0.15) is 23.5 Å². The van der Waals surface area contributed by atoms with Crippen LogP contribution in [0.1, 0.15) is 39.0 Å². The maximum Gasteiger partial charge on any atom is 0.00776 e. The Morgan fingerprint density at radius 3 is 2.93 bits per heavy atom. The van der Waals surface area contributed by atoms with E-state index in [0.29, 0.717) is 0 Å². The molecule has 0 aliphatic heterocycles. The molecule has 1 aliphatic rings. The fourth-order valence-electron chi connectivity index (χ4n) is 2.17. The van der Waals surface area contributed by atoms with Crippen LogP contribution in [0.4, 0.5) is 0 Å². The number of hydrogen-bond acceptors (Lipinski definition) is 3. The molecule has 0 amide bonds. The van der Waals surface area contributed by atoms with Crippen LogP contribution in [-0.2, 0) is 0 Å². The highest BCUT2D eigenvalue weighted by atomic mass is 32.2. The normalized spacial score (nSPS) is 26.8. The molecule has 1 aliphatic carbocycles. The minimum absolute atomic E-state index is 0.808. The minimum atomic E-state index is 0.808. The molecule has 1 rings (SSSR count). The van der Waals surface area contributed by atoms with E-state index in [2.05, 4.69) is 42.0 Å². The Morgan fingerprint density at radius 2 is 2.20 bits per heavy atom. The lowest BCUT2D eigenvalue weighted by atomic mass is 9.95. The zero-order valence-electron chi connectivity index (χ0n) is 10.1. The van der Waals surface area contributed by atoms with Gasteiger partial charge in [-0.3, -0.25) is 0 Å². The first-order valence-electron chi connectivity index (χ1n) is 6.20. The monoisotopic (exact) mass is 247 g/mol. The molecule has 0 radical (unpaired) electrons. The van der Waals surface area contributed by atoms with E-state index in [1.807, 2.05) is 0 Å². The fourth-order valence-corrected chi connectivity index (χ4v) is 3.63. The fraction of sp³-hybridized carbons (Fsp3) is 1.00. The molecule has 1 N–H and O–H groups in total. The molecule has 1 fully saturated rings. The van der Waals surface area contributed by atoms with Gasteiger partial charge < -0.3 is 5.32 Å². The average molecular weight is 247 g/mol. The van der Waals surface area contributed by atoms with Crippen LogP contribution in [0.25, 0.3) is 0 Å². The van der Waals surface area contributed by atoms with Crippen molar-refractivity contribution in [2.24, 2.45) is 0 Å². The molecule has 0 aromatic rings. The first-order valence-corrected chi connectivity index (χ1v) is 8.65. The van der Waals surface area contributed by atoms with Gasteiger partial charge >= 0.3 is 0 Å². The Hall–Kier alpha value is 0.660. The van der Waals surface area contributed by atoms with Crippen molar-refractivity contribution in [2.75, 3.05) is 24.3 Å². The Balaban J connectivity index is 2.00. The van der Waals surface area contributed by atoms with E-state index in [0.717, 1.165) is 11.3 Å². The largest absolute Gasteiger partial charge is 0.314 e. The van der Waals surface area contributed by atoms with Crippen LogP contribution in [0.15, 0.2) is 0 Å². The highest BCUT2D eigenvalue weighted by Gasteiger charge is 2.20. The third kappa shape index (κ3) is 6.08. The molecule has 0 aromatic heterocycles. The van der Waals surface area contributed by atoms with Crippen LogP contribution in [0.2, 0.25) is 0 Å². The molecule has 0 aromatic carbocycles. The summed E-state index contributed by atoms with van der Waals surface area (Å²) in [5.41, 5.74) is 0. The summed E-state index contributed by atoms with van der Waals surface area (Å²) in [5, 5.41) is 4.64. The van der Waals surface area contributed by atoms with Gasteiger partial charge in [0.1, 0.15) is 0 Å². The topological polar surface area (TPSA) is 12.0 Å². The van der Waals surface area contributed by atoms with Crippen molar-refractivity contribution in [3.05, 3.63) is 0 Å². The van der Waals surface area contributed by atoms with Gasteiger partial charge in [-0.25, -0.2) is 0 Å². The van der Waals surface area contributed by atoms with E-state index in [1.165, 1.54) is 50.2 Å². The van der Waals surface area contributed by atoms with E-state index in [-0.39, 0.29) is 0 Å². The lowest BCUT2D eigenvalue weighted by Crippen LogP contribution is -2.35. The van der Waals surface area contributed by atoms with E-state index in [4.69, 9.17) is 0 Å². The Bertz CT molecular complexity index is 153. The first kappa shape index (κ1) is 13.7. The lowest BCUT2D eigenvalue weighted by Gasteiger charge is -2.28. The van der Waals surface area contributed by atoms with Gasteiger partial charge in [0.05, 0.1) is 0 Å². The molecule has 0 spiro atoms. The summed E-state index contributed by atoms with van der Waals surface area (Å²) >= 11 is 4.11. The first-order chi connectivity index (χ1) is 7.36. The molecule has 1 saturated carbocycles. The number of hydrogen-bond donors (Lipinski definition) is 1. The summed E-state index contributed by atoms with van der Waals surface area (Å²) in [6, 6.07) is 0.808. The summed E-state index contributed by atoms with van der Waals surface area (Å²) < 4.78 is 0. The summed E-state index contributed by atoms with van der Waals surface area (Å²) in [6.07, 6.45) is 9.24. The minimum Gasteiger partial charge on any atom is -0.314 e. The molecule has 0 heterocycles. The van der Waals surface area contributed by atoms with Crippen molar-refractivity contribution in [3.63, 3.8) is 0 Å². The van der Waals surface area contributed by atoms with Crippen LogP contribution in [-0.4, -0.2) is 35.6 Å². The molecule has 90 valence electrons. The molecule has 3 heteroatoms. The number of rotatable bonds is 7. The average Bonchev–Trinajstić information content (AvgIpc) is 2.29. The van der Waals surface area contributed by atoms with Gasteiger partial charge in [0.2, 0.25) is 0 Å². The van der Waals surface area contributed by atoms with E-state index < -0.39 is 0 Å². The summed E-state index contributed by atoms with van der Waals surface area (Å²) in [4.78, 5) is 0. The zero-order valence-corrected chi connectivity index (χ0v) is 11.8. The van der Waals surface area contributed by atoms with Gasteiger partial charge in [0.15, 0.2) is 0 Å². The Kier molecular flexibility index (Phi) is 8.02. The van der Waals surface area contributed by atoms with Crippen molar-refractivity contribution < 1.29 is 0 Å². The molecule has 0 saturated heterocycles. The standard InChI is InChI=1S/C12H25NS2/c1-3-15-9-5-8-13-11-6-4-7-12(10-11)14-2/h11-13H,3-10H2,1-2H3. The van der Waals surface area contributed by atoms with Gasteiger partial charge in [0.25, 0.3) is 0 Å². The molecule has 2 unspecified atom stereocenters. The smallest absolute Gasteiger partial charge is 0.00776 e. The van der Waals surface area contributed by atoms with Crippen LogP contribution < -0.4 is 5.32 Å². The molecular formula is C12H25NS2. The van der Waals surface area contributed by atoms with Gasteiger partial charge in [0, 0.05) is 11.3 Å². The zero-order chi connectivity index (χ0) is 10.9. The lowest BCUT2D eigenvalue weighted by molar-refractivity contribution is 0.382. The van der Waals surface area contributed by atoms with Crippen molar-refractivity contribution in [2.45, 2.75) is 50.3 Å². The highest BCUT2D eigenvalue weighted by Crippen LogP contribution is 2.26. The maximum absolute atomic E-state index is 3.72. The van der Waals surface area contributed by atoms with Gasteiger partial charge in [-0.05, 0) is 50.0 Å². The quantitative estimate of drug-likeness (QED) is 0.693. The summed E-state index contributed by atoms with van der Waals surface area (Å²) in [5.74, 6) is 2.58. The van der Waals surface area contributed by atoms with Crippen LogP contribution in [0.3, 0.4) is 0 Å². The second kappa shape index (κ2) is 8.77. The van der Waals surface area contributed by atoms with Crippen molar-refractivity contribution >= 4 is 23.5 Å². The van der Waals surface area contributed by atoms with E-state index in [9.17, 15) is 0 Å². The number of nitrogens with one attached hydrogen (secondary N) is 1. The highest BCUT2D eigenvalue weighted by molar-refractivity contribution is 7.99.